The van der Waals surface area contributed by atoms with Gasteiger partial charge in [0, 0.05) is 24.5 Å². The molecule has 0 radical (unpaired) electrons. The fraction of sp³-hybridized carbons (Fsp3) is 0.400. The minimum Gasteiger partial charge on any atom is -0.493 e. The largest absolute Gasteiger partial charge is 0.493 e. The molecule has 11 nitrogen and oxygen atoms in total. The Kier molecular flexibility index (Phi) is 9.65. The average molecular weight is 594 g/mol. The quantitative estimate of drug-likeness (QED) is 0.258. The lowest BCUT2D eigenvalue weighted by Gasteiger charge is -2.29. The summed E-state index contributed by atoms with van der Waals surface area (Å²) in [5.74, 6) is 1.67. The number of amides is 1. The predicted octanol–water partition coefficient (Wildman–Crippen LogP) is 4.06. The molecule has 1 saturated heterocycles. The summed E-state index contributed by atoms with van der Waals surface area (Å²) in [6, 6.07) is 14.3. The number of nitrogens with one attached hydrogen (secondary N) is 1. The van der Waals surface area contributed by atoms with E-state index in [1.54, 1.807) is 33.5 Å². The first kappa shape index (κ1) is 29.5. The molecule has 3 aromatic rings. The summed E-state index contributed by atoms with van der Waals surface area (Å²) >= 11 is 1.55. The number of benzene rings is 2. The van der Waals surface area contributed by atoms with Gasteiger partial charge in [-0.25, -0.2) is 9.48 Å². The SMILES string of the molecule is CCCSc1nc2n(n1)C(c1ccc(OCC(=O)N3CCOCC3)c(OC)c1)C(C(=O)OCc1ccccc1)=C(C)N2. The number of hydrogen-bond donors (Lipinski definition) is 1. The second-order valence-corrected chi connectivity index (χ2v) is 10.9. The van der Waals surface area contributed by atoms with Crippen molar-refractivity contribution in [1.82, 2.24) is 19.7 Å². The van der Waals surface area contributed by atoms with E-state index in [2.05, 4.69) is 17.2 Å². The van der Waals surface area contributed by atoms with Crippen molar-refractivity contribution in [1.29, 1.82) is 0 Å². The molecule has 1 amide bonds. The number of morpholine rings is 1. The third kappa shape index (κ3) is 6.71. The van der Waals surface area contributed by atoms with E-state index in [4.69, 9.17) is 24.0 Å². The number of carbonyl (C=O) groups is 2. The zero-order valence-corrected chi connectivity index (χ0v) is 24.8. The van der Waals surface area contributed by atoms with Gasteiger partial charge < -0.3 is 29.2 Å². The van der Waals surface area contributed by atoms with Gasteiger partial charge in [-0.3, -0.25) is 4.79 Å². The Morgan fingerprint density at radius 1 is 1.12 bits per heavy atom. The number of allylic oxidation sites excluding steroid dienone is 1. The van der Waals surface area contributed by atoms with Gasteiger partial charge in [-0.1, -0.05) is 55.1 Å². The van der Waals surface area contributed by atoms with E-state index in [0.717, 1.165) is 23.3 Å². The third-order valence-electron chi connectivity index (χ3n) is 6.92. The predicted molar refractivity (Wildman–Crippen MR) is 158 cm³/mol. The summed E-state index contributed by atoms with van der Waals surface area (Å²) in [5.41, 5.74) is 2.65. The average Bonchev–Trinajstić information content (AvgIpc) is 3.43. The van der Waals surface area contributed by atoms with Crippen molar-refractivity contribution in [3.05, 3.63) is 70.9 Å². The van der Waals surface area contributed by atoms with E-state index in [1.165, 1.54) is 7.11 Å². The first-order valence-corrected chi connectivity index (χ1v) is 14.9. The number of anilines is 1. The minimum atomic E-state index is -0.633. The van der Waals surface area contributed by atoms with Gasteiger partial charge in [0.2, 0.25) is 11.1 Å². The van der Waals surface area contributed by atoms with Gasteiger partial charge >= 0.3 is 5.97 Å². The molecule has 1 fully saturated rings. The maximum absolute atomic E-state index is 13.6. The van der Waals surface area contributed by atoms with Crippen LogP contribution in [0.25, 0.3) is 0 Å². The van der Waals surface area contributed by atoms with Crippen LogP contribution in [0.1, 0.15) is 37.4 Å². The van der Waals surface area contributed by atoms with Crippen molar-refractivity contribution in [3.63, 3.8) is 0 Å². The van der Waals surface area contributed by atoms with E-state index < -0.39 is 12.0 Å². The summed E-state index contributed by atoms with van der Waals surface area (Å²) in [6.07, 6.45) is 0.979. The van der Waals surface area contributed by atoms with Gasteiger partial charge in [-0.2, -0.15) is 4.98 Å². The fourth-order valence-electron chi connectivity index (χ4n) is 4.78. The molecule has 1 atom stereocenters. The molecule has 5 rings (SSSR count). The fourth-order valence-corrected chi connectivity index (χ4v) is 5.46. The molecule has 2 aromatic carbocycles. The van der Waals surface area contributed by atoms with E-state index in [-0.39, 0.29) is 19.1 Å². The number of rotatable bonds is 11. The number of esters is 1. The number of fused-ring (bicyclic) bond motifs is 1. The molecule has 3 heterocycles. The molecule has 42 heavy (non-hydrogen) atoms. The van der Waals surface area contributed by atoms with Gasteiger partial charge in [-0.05, 0) is 36.6 Å². The lowest BCUT2D eigenvalue weighted by atomic mass is 9.95. The zero-order valence-electron chi connectivity index (χ0n) is 24.0. The molecule has 12 heteroatoms. The van der Waals surface area contributed by atoms with Crippen LogP contribution in [0.15, 0.2) is 65.0 Å². The number of aromatic nitrogens is 3. The van der Waals surface area contributed by atoms with E-state index in [0.29, 0.717) is 60.2 Å². The highest BCUT2D eigenvalue weighted by Crippen LogP contribution is 2.40. The van der Waals surface area contributed by atoms with Crippen molar-refractivity contribution in [2.24, 2.45) is 0 Å². The highest BCUT2D eigenvalue weighted by molar-refractivity contribution is 7.99. The Morgan fingerprint density at radius 3 is 2.64 bits per heavy atom. The molecule has 0 aliphatic carbocycles. The monoisotopic (exact) mass is 593 g/mol. The molecule has 0 spiro atoms. The molecule has 0 bridgehead atoms. The van der Waals surface area contributed by atoms with Gasteiger partial charge in [-0.15, -0.1) is 5.10 Å². The number of carbonyl (C=O) groups excluding carboxylic acids is 2. The first-order chi connectivity index (χ1) is 20.5. The van der Waals surface area contributed by atoms with Crippen molar-refractivity contribution in [2.75, 3.05) is 51.1 Å². The molecule has 1 N–H and O–H groups in total. The van der Waals surface area contributed by atoms with Gasteiger partial charge in [0.1, 0.15) is 12.6 Å². The van der Waals surface area contributed by atoms with Crippen LogP contribution < -0.4 is 14.8 Å². The third-order valence-corrected chi connectivity index (χ3v) is 7.96. The van der Waals surface area contributed by atoms with Crippen LogP contribution in [0, 0.1) is 0 Å². The van der Waals surface area contributed by atoms with E-state index >= 15 is 0 Å². The Morgan fingerprint density at radius 2 is 1.90 bits per heavy atom. The smallest absolute Gasteiger partial charge is 0.338 e. The van der Waals surface area contributed by atoms with Crippen molar-refractivity contribution in [3.8, 4) is 11.5 Å². The van der Waals surface area contributed by atoms with Gasteiger partial charge in [0.05, 0.1) is 25.9 Å². The molecule has 0 saturated carbocycles. The van der Waals surface area contributed by atoms with Gasteiger partial charge in [0.15, 0.2) is 18.1 Å². The lowest BCUT2D eigenvalue weighted by Crippen LogP contribution is -2.43. The number of hydrogen-bond acceptors (Lipinski definition) is 10. The Bertz CT molecular complexity index is 1440. The maximum Gasteiger partial charge on any atom is 0.338 e. The Labute approximate surface area is 249 Å². The molecule has 2 aliphatic rings. The number of methoxy groups -OCH3 is 1. The van der Waals surface area contributed by atoms with Crippen LogP contribution in [-0.4, -0.2) is 77.3 Å². The molecular weight excluding hydrogens is 558 g/mol. The topological polar surface area (TPSA) is 117 Å². The highest BCUT2D eigenvalue weighted by atomic mass is 32.2. The minimum absolute atomic E-state index is 0.117. The summed E-state index contributed by atoms with van der Waals surface area (Å²) in [5, 5.41) is 8.60. The van der Waals surface area contributed by atoms with Crippen LogP contribution in [0.4, 0.5) is 5.95 Å². The van der Waals surface area contributed by atoms with Crippen LogP contribution in [0.5, 0.6) is 11.5 Å². The molecule has 1 aromatic heterocycles. The second-order valence-electron chi connectivity index (χ2n) is 9.83. The Hall–Kier alpha value is -4.03. The summed E-state index contributed by atoms with van der Waals surface area (Å²) in [7, 11) is 1.54. The summed E-state index contributed by atoms with van der Waals surface area (Å²) in [6.45, 7) is 6.07. The maximum atomic E-state index is 13.6. The second kappa shape index (κ2) is 13.8. The summed E-state index contributed by atoms with van der Waals surface area (Å²) < 4.78 is 24.3. The lowest BCUT2D eigenvalue weighted by molar-refractivity contribution is -0.141. The molecule has 1 unspecified atom stereocenters. The number of nitrogens with zero attached hydrogens (tertiary/aromatic N) is 4. The number of thioether (sulfide) groups is 1. The van der Waals surface area contributed by atoms with Crippen molar-refractivity contribution >= 4 is 29.6 Å². The van der Waals surface area contributed by atoms with E-state index in [1.807, 2.05) is 43.3 Å². The zero-order chi connectivity index (χ0) is 29.5. The highest BCUT2D eigenvalue weighted by Gasteiger charge is 2.36. The van der Waals surface area contributed by atoms with Crippen molar-refractivity contribution in [2.45, 2.75) is 38.1 Å². The molecule has 222 valence electrons. The van der Waals surface area contributed by atoms with E-state index in [9.17, 15) is 9.59 Å². The van der Waals surface area contributed by atoms with Crippen LogP contribution in [0.2, 0.25) is 0 Å². The Balaban J connectivity index is 1.43. The first-order valence-electron chi connectivity index (χ1n) is 13.9. The number of ether oxygens (including phenoxy) is 4. The normalized spacial score (nSPS) is 16.5. The van der Waals surface area contributed by atoms with Gasteiger partial charge in [0.25, 0.3) is 5.91 Å². The van der Waals surface area contributed by atoms with Crippen LogP contribution >= 0.6 is 11.8 Å². The van der Waals surface area contributed by atoms with Crippen molar-refractivity contribution < 1.29 is 28.5 Å². The standard InChI is InChI=1S/C30H35N5O6S/c1-4-16-42-30-32-29-31-20(2)26(28(37)41-18-21-8-6-5-7-9-21)27(35(29)33-30)22-10-11-23(24(17-22)38-3)40-19-25(36)34-12-14-39-15-13-34/h5-11,17,27H,4,12-16,18-19H2,1-3H3,(H,31,32,33). The summed E-state index contributed by atoms with van der Waals surface area (Å²) in [4.78, 5) is 32.6. The van der Waals surface area contributed by atoms with Crippen LogP contribution in [-0.2, 0) is 25.7 Å². The van der Waals surface area contributed by atoms with Crippen LogP contribution in [0.3, 0.4) is 0 Å². The molecular formula is C30H35N5O6S. The molecule has 2 aliphatic heterocycles.